The monoisotopic (exact) mass is 219 g/mol. The van der Waals surface area contributed by atoms with Gasteiger partial charge in [0, 0.05) is 25.2 Å². The maximum Gasteiger partial charge on any atom is 0.106 e. The number of aromatic amines is 1. The fourth-order valence-electron chi connectivity index (χ4n) is 1.63. The van der Waals surface area contributed by atoms with Gasteiger partial charge in [0.2, 0.25) is 0 Å². The molecule has 2 rings (SSSR count). The second-order valence-corrected chi connectivity index (χ2v) is 3.85. The van der Waals surface area contributed by atoms with Gasteiger partial charge in [-0.05, 0) is 20.0 Å². The van der Waals surface area contributed by atoms with E-state index in [1.165, 1.54) is 0 Å². The largest absolute Gasteiger partial charge is 0.342 e. The first-order valence-corrected chi connectivity index (χ1v) is 5.47. The SMILES string of the molecule is CNCCCc1ncc(-c2cnn(C)c2)[nH]1. The van der Waals surface area contributed by atoms with Crippen LogP contribution in [0.5, 0.6) is 0 Å². The number of H-pyrrole nitrogens is 1. The van der Waals surface area contributed by atoms with Crippen LogP contribution in [-0.2, 0) is 13.5 Å². The van der Waals surface area contributed by atoms with Crippen molar-refractivity contribution in [2.45, 2.75) is 12.8 Å². The third kappa shape index (κ3) is 2.49. The van der Waals surface area contributed by atoms with E-state index in [4.69, 9.17) is 0 Å². The highest BCUT2D eigenvalue weighted by molar-refractivity contribution is 5.55. The molecule has 0 saturated carbocycles. The fraction of sp³-hybridized carbons (Fsp3) is 0.455. The van der Waals surface area contributed by atoms with Crippen LogP contribution in [0.3, 0.4) is 0 Å². The van der Waals surface area contributed by atoms with Crippen molar-refractivity contribution in [3.05, 3.63) is 24.4 Å². The van der Waals surface area contributed by atoms with Gasteiger partial charge in [0.15, 0.2) is 0 Å². The second-order valence-electron chi connectivity index (χ2n) is 3.85. The lowest BCUT2D eigenvalue weighted by molar-refractivity contribution is 0.707. The predicted molar refractivity (Wildman–Crippen MR) is 63.0 cm³/mol. The first-order chi connectivity index (χ1) is 7.79. The van der Waals surface area contributed by atoms with Gasteiger partial charge in [-0.3, -0.25) is 4.68 Å². The molecule has 0 spiro atoms. The highest BCUT2D eigenvalue weighted by Gasteiger charge is 2.04. The summed E-state index contributed by atoms with van der Waals surface area (Å²) in [6, 6.07) is 0. The zero-order chi connectivity index (χ0) is 11.4. The number of nitrogens with zero attached hydrogens (tertiary/aromatic N) is 3. The summed E-state index contributed by atoms with van der Waals surface area (Å²) in [4.78, 5) is 7.66. The molecular formula is C11H17N5. The van der Waals surface area contributed by atoms with Crippen LogP contribution in [-0.4, -0.2) is 33.3 Å². The minimum absolute atomic E-state index is 0.973. The molecule has 5 heteroatoms. The highest BCUT2D eigenvalue weighted by atomic mass is 15.2. The first kappa shape index (κ1) is 10.9. The fourth-order valence-corrected chi connectivity index (χ4v) is 1.63. The van der Waals surface area contributed by atoms with Crippen molar-refractivity contribution in [1.29, 1.82) is 0 Å². The van der Waals surface area contributed by atoms with Crippen LogP contribution in [0.1, 0.15) is 12.2 Å². The Labute approximate surface area is 94.9 Å². The van der Waals surface area contributed by atoms with Gasteiger partial charge in [-0.15, -0.1) is 0 Å². The molecule has 2 aromatic heterocycles. The molecule has 0 atom stereocenters. The molecule has 0 aliphatic carbocycles. The lowest BCUT2D eigenvalue weighted by Gasteiger charge is -1.96. The van der Waals surface area contributed by atoms with Crippen LogP contribution in [0.25, 0.3) is 11.3 Å². The molecule has 0 aliphatic heterocycles. The van der Waals surface area contributed by atoms with E-state index in [0.29, 0.717) is 0 Å². The molecule has 5 nitrogen and oxygen atoms in total. The van der Waals surface area contributed by atoms with Gasteiger partial charge in [-0.25, -0.2) is 4.98 Å². The average Bonchev–Trinajstić information content (AvgIpc) is 2.87. The summed E-state index contributed by atoms with van der Waals surface area (Å²) in [5.74, 6) is 1.04. The molecule has 0 radical (unpaired) electrons. The van der Waals surface area contributed by atoms with E-state index in [0.717, 1.165) is 36.5 Å². The number of hydrogen-bond donors (Lipinski definition) is 2. The lowest BCUT2D eigenvalue weighted by Crippen LogP contribution is -2.08. The normalized spacial score (nSPS) is 10.9. The molecule has 0 amide bonds. The van der Waals surface area contributed by atoms with Crippen LogP contribution >= 0.6 is 0 Å². The quantitative estimate of drug-likeness (QED) is 0.736. The van der Waals surface area contributed by atoms with Crippen LogP contribution in [0.15, 0.2) is 18.6 Å². The van der Waals surface area contributed by atoms with Gasteiger partial charge >= 0.3 is 0 Å². The van der Waals surface area contributed by atoms with Crippen molar-refractivity contribution in [3.63, 3.8) is 0 Å². The number of aryl methyl sites for hydroxylation is 2. The molecular weight excluding hydrogens is 202 g/mol. The van der Waals surface area contributed by atoms with Gasteiger partial charge in [-0.1, -0.05) is 0 Å². The van der Waals surface area contributed by atoms with Crippen molar-refractivity contribution >= 4 is 0 Å². The van der Waals surface area contributed by atoms with E-state index in [2.05, 4.69) is 20.4 Å². The molecule has 86 valence electrons. The topological polar surface area (TPSA) is 58.5 Å². The smallest absolute Gasteiger partial charge is 0.106 e. The van der Waals surface area contributed by atoms with Crippen molar-refractivity contribution in [2.75, 3.05) is 13.6 Å². The van der Waals surface area contributed by atoms with Gasteiger partial charge < -0.3 is 10.3 Å². The molecule has 16 heavy (non-hydrogen) atoms. The Hall–Kier alpha value is -1.62. The summed E-state index contributed by atoms with van der Waals surface area (Å²) >= 11 is 0. The van der Waals surface area contributed by atoms with Crippen LogP contribution < -0.4 is 5.32 Å². The molecule has 0 aliphatic rings. The summed E-state index contributed by atoms with van der Waals surface area (Å²) in [6.45, 7) is 1.02. The van der Waals surface area contributed by atoms with Crippen molar-refractivity contribution in [1.82, 2.24) is 25.1 Å². The number of nitrogens with one attached hydrogen (secondary N) is 2. The lowest BCUT2D eigenvalue weighted by atomic mass is 10.3. The Morgan fingerprint density at radius 3 is 3.00 bits per heavy atom. The molecule has 0 bridgehead atoms. The van der Waals surface area contributed by atoms with Crippen LogP contribution in [0.4, 0.5) is 0 Å². The zero-order valence-corrected chi connectivity index (χ0v) is 9.70. The minimum atomic E-state index is 0.973. The maximum absolute atomic E-state index is 4.35. The van der Waals surface area contributed by atoms with Crippen molar-refractivity contribution in [3.8, 4) is 11.3 Å². The Kier molecular flexibility index (Phi) is 3.36. The van der Waals surface area contributed by atoms with E-state index in [1.807, 2.05) is 32.7 Å². The molecule has 0 fully saturated rings. The molecule has 0 unspecified atom stereocenters. The molecule has 2 aromatic rings. The van der Waals surface area contributed by atoms with Gasteiger partial charge in [0.25, 0.3) is 0 Å². The summed E-state index contributed by atoms with van der Waals surface area (Å²) < 4.78 is 1.79. The van der Waals surface area contributed by atoms with E-state index in [-0.39, 0.29) is 0 Å². The number of rotatable bonds is 5. The minimum Gasteiger partial charge on any atom is -0.342 e. The molecule has 2 N–H and O–H groups in total. The van der Waals surface area contributed by atoms with Gasteiger partial charge in [0.1, 0.15) is 5.82 Å². The van der Waals surface area contributed by atoms with Crippen molar-refractivity contribution in [2.24, 2.45) is 7.05 Å². The number of imidazole rings is 1. The van der Waals surface area contributed by atoms with E-state index >= 15 is 0 Å². The molecule has 0 saturated heterocycles. The third-order valence-corrected chi connectivity index (χ3v) is 2.48. The molecule has 0 aromatic carbocycles. The Morgan fingerprint density at radius 2 is 2.31 bits per heavy atom. The Balaban J connectivity index is 2.02. The second kappa shape index (κ2) is 4.94. The van der Waals surface area contributed by atoms with E-state index in [1.54, 1.807) is 4.68 Å². The van der Waals surface area contributed by atoms with E-state index in [9.17, 15) is 0 Å². The molecule has 2 heterocycles. The van der Waals surface area contributed by atoms with Crippen molar-refractivity contribution < 1.29 is 0 Å². The van der Waals surface area contributed by atoms with Gasteiger partial charge in [-0.2, -0.15) is 5.10 Å². The summed E-state index contributed by atoms with van der Waals surface area (Å²) in [6.07, 6.45) is 7.75. The summed E-state index contributed by atoms with van der Waals surface area (Å²) in [5.41, 5.74) is 2.11. The van der Waals surface area contributed by atoms with Gasteiger partial charge in [0.05, 0.1) is 18.1 Å². The summed E-state index contributed by atoms with van der Waals surface area (Å²) in [5, 5.41) is 7.26. The predicted octanol–water partition coefficient (Wildman–Crippen LogP) is 0.962. The van der Waals surface area contributed by atoms with Crippen LogP contribution in [0, 0.1) is 0 Å². The maximum atomic E-state index is 4.35. The number of aromatic nitrogens is 4. The standard InChI is InChI=1S/C11H17N5/c1-12-5-3-4-11-13-7-10(15-11)9-6-14-16(2)8-9/h6-8,12H,3-5H2,1-2H3,(H,13,15). The Bertz CT molecular complexity index is 443. The zero-order valence-electron chi connectivity index (χ0n) is 9.70. The Morgan fingerprint density at radius 1 is 1.44 bits per heavy atom. The first-order valence-electron chi connectivity index (χ1n) is 5.47. The number of hydrogen-bond acceptors (Lipinski definition) is 3. The highest BCUT2D eigenvalue weighted by Crippen LogP contribution is 2.15. The van der Waals surface area contributed by atoms with Crippen LogP contribution in [0.2, 0.25) is 0 Å². The third-order valence-electron chi connectivity index (χ3n) is 2.48. The average molecular weight is 219 g/mol. The van der Waals surface area contributed by atoms with E-state index < -0.39 is 0 Å². The summed E-state index contributed by atoms with van der Waals surface area (Å²) in [7, 11) is 3.87.